The van der Waals surface area contributed by atoms with Crippen LogP contribution < -0.4 is 4.74 Å². The number of carbonyl (C=O) groups is 2. The van der Waals surface area contributed by atoms with E-state index in [0.717, 1.165) is 36.1 Å². The Bertz CT molecular complexity index is 902. The van der Waals surface area contributed by atoms with E-state index in [1.165, 1.54) is 5.56 Å². The lowest BCUT2D eigenvalue weighted by atomic mass is 10.0. The lowest BCUT2D eigenvalue weighted by Gasteiger charge is -2.38. The molecule has 5 nitrogen and oxygen atoms in total. The van der Waals surface area contributed by atoms with Crippen molar-refractivity contribution in [2.24, 2.45) is 0 Å². The maximum absolute atomic E-state index is 13.1. The highest BCUT2D eigenvalue weighted by Gasteiger charge is 2.29. The Kier molecular flexibility index (Phi) is 8.32. The van der Waals surface area contributed by atoms with E-state index in [-0.39, 0.29) is 24.5 Å². The normalized spacial score (nSPS) is 14.5. The minimum atomic E-state index is 0.0223. The van der Waals surface area contributed by atoms with Gasteiger partial charge in [0.2, 0.25) is 0 Å². The number of nitrogens with zero attached hydrogens (tertiary/aromatic N) is 2. The van der Waals surface area contributed by atoms with Gasteiger partial charge in [0.1, 0.15) is 5.75 Å². The Morgan fingerprint density at radius 2 is 1.78 bits per heavy atom. The van der Waals surface area contributed by atoms with Gasteiger partial charge in [-0.15, -0.1) is 0 Å². The summed E-state index contributed by atoms with van der Waals surface area (Å²) in [5.74, 6) is 1.29. The van der Waals surface area contributed by atoms with Crippen LogP contribution in [0.5, 0.6) is 5.75 Å². The number of benzene rings is 2. The van der Waals surface area contributed by atoms with Gasteiger partial charge in [-0.05, 0) is 61.4 Å². The maximum Gasteiger partial charge on any atom is 0.260 e. The molecule has 0 radical (unpaired) electrons. The van der Waals surface area contributed by atoms with Crippen molar-refractivity contribution in [1.82, 2.24) is 9.80 Å². The first-order chi connectivity index (χ1) is 15.4. The molecule has 1 fully saturated rings. The molecule has 0 aliphatic carbocycles. The fourth-order valence-electron chi connectivity index (χ4n) is 4.25. The van der Waals surface area contributed by atoms with Crippen molar-refractivity contribution in [3.63, 3.8) is 0 Å². The number of ether oxygens (including phenoxy) is 1. The number of rotatable bonds is 8. The molecule has 1 heterocycles. The van der Waals surface area contributed by atoms with Gasteiger partial charge in [0.25, 0.3) is 11.8 Å². The Balaban J connectivity index is 1.59. The first kappa shape index (κ1) is 23.8. The smallest absolute Gasteiger partial charge is 0.260 e. The van der Waals surface area contributed by atoms with Crippen LogP contribution in [0.15, 0.2) is 48.5 Å². The van der Waals surface area contributed by atoms with E-state index in [1.807, 2.05) is 53.1 Å². The fourth-order valence-corrected chi connectivity index (χ4v) is 4.25. The summed E-state index contributed by atoms with van der Waals surface area (Å²) in [6.45, 7) is 10.5. The summed E-state index contributed by atoms with van der Waals surface area (Å²) < 4.78 is 5.97. The zero-order valence-electron chi connectivity index (χ0n) is 19.8. The SMILES string of the molecule is CCCN(C(=O)COc1cc(C(C)C)ccc1C)C1CCN(C(=O)c2ccccc2)CC1. The van der Waals surface area contributed by atoms with Crippen LogP contribution in [0.25, 0.3) is 0 Å². The summed E-state index contributed by atoms with van der Waals surface area (Å²) in [6.07, 6.45) is 2.50. The van der Waals surface area contributed by atoms with E-state index in [2.05, 4.69) is 32.9 Å². The van der Waals surface area contributed by atoms with Crippen LogP contribution in [-0.2, 0) is 4.79 Å². The monoisotopic (exact) mass is 436 g/mol. The quantitative estimate of drug-likeness (QED) is 0.582. The minimum absolute atomic E-state index is 0.0223. The van der Waals surface area contributed by atoms with Crippen molar-refractivity contribution in [3.8, 4) is 5.75 Å². The zero-order chi connectivity index (χ0) is 23.1. The van der Waals surface area contributed by atoms with Crippen LogP contribution in [-0.4, -0.2) is 53.9 Å². The van der Waals surface area contributed by atoms with Crippen molar-refractivity contribution in [1.29, 1.82) is 0 Å². The topological polar surface area (TPSA) is 49.9 Å². The molecule has 1 saturated heterocycles. The van der Waals surface area contributed by atoms with E-state index in [4.69, 9.17) is 4.74 Å². The summed E-state index contributed by atoms with van der Waals surface area (Å²) in [5, 5.41) is 0. The Labute approximate surface area is 192 Å². The molecule has 2 aromatic rings. The summed E-state index contributed by atoms with van der Waals surface area (Å²) >= 11 is 0. The molecule has 0 spiro atoms. The van der Waals surface area contributed by atoms with Crippen LogP contribution in [0.1, 0.15) is 67.4 Å². The summed E-state index contributed by atoms with van der Waals surface area (Å²) in [6, 6.07) is 15.8. The second-order valence-corrected chi connectivity index (χ2v) is 8.94. The Morgan fingerprint density at radius 1 is 1.09 bits per heavy atom. The second kappa shape index (κ2) is 11.2. The van der Waals surface area contributed by atoms with Crippen molar-refractivity contribution in [2.45, 2.75) is 58.9 Å². The third-order valence-corrected chi connectivity index (χ3v) is 6.23. The van der Waals surface area contributed by atoms with Gasteiger partial charge >= 0.3 is 0 Å². The fraction of sp³-hybridized carbons (Fsp3) is 0.481. The van der Waals surface area contributed by atoms with E-state index >= 15 is 0 Å². The summed E-state index contributed by atoms with van der Waals surface area (Å²) in [4.78, 5) is 29.7. The average Bonchev–Trinajstić information content (AvgIpc) is 2.82. The molecule has 0 bridgehead atoms. The average molecular weight is 437 g/mol. The molecule has 2 amide bonds. The number of aryl methyl sites for hydroxylation is 1. The molecule has 0 aromatic heterocycles. The third kappa shape index (κ3) is 5.90. The molecule has 1 aliphatic rings. The van der Waals surface area contributed by atoms with Crippen molar-refractivity contribution >= 4 is 11.8 Å². The van der Waals surface area contributed by atoms with E-state index in [1.54, 1.807) is 0 Å². The van der Waals surface area contributed by atoms with Gasteiger partial charge in [-0.1, -0.05) is 51.1 Å². The largest absolute Gasteiger partial charge is 0.483 e. The van der Waals surface area contributed by atoms with Crippen molar-refractivity contribution in [3.05, 3.63) is 65.2 Å². The lowest BCUT2D eigenvalue weighted by Crippen LogP contribution is -2.50. The molecule has 1 aliphatic heterocycles. The Hall–Kier alpha value is -2.82. The highest BCUT2D eigenvalue weighted by Crippen LogP contribution is 2.25. The second-order valence-electron chi connectivity index (χ2n) is 8.94. The van der Waals surface area contributed by atoms with Crippen LogP contribution in [0.2, 0.25) is 0 Å². The highest BCUT2D eigenvalue weighted by molar-refractivity contribution is 5.94. The molecule has 3 rings (SSSR count). The third-order valence-electron chi connectivity index (χ3n) is 6.23. The number of hydrogen-bond acceptors (Lipinski definition) is 3. The van der Waals surface area contributed by atoms with Gasteiger partial charge in [0.05, 0.1) is 0 Å². The number of hydrogen-bond donors (Lipinski definition) is 0. The molecule has 5 heteroatoms. The van der Waals surface area contributed by atoms with Gasteiger partial charge in [-0.25, -0.2) is 0 Å². The molecule has 2 aromatic carbocycles. The molecule has 0 unspecified atom stereocenters. The van der Waals surface area contributed by atoms with Crippen molar-refractivity contribution in [2.75, 3.05) is 26.2 Å². The van der Waals surface area contributed by atoms with Gasteiger partial charge in [-0.2, -0.15) is 0 Å². The Morgan fingerprint density at radius 3 is 2.41 bits per heavy atom. The zero-order valence-corrected chi connectivity index (χ0v) is 19.8. The van der Waals surface area contributed by atoms with Gasteiger partial charge in [0, 0.05) is 31.2 Å². The molecule has 172 valence electrons. The molecular weight excluding hydrogens is 400 g/mol. The summed E-state index contributed by atoms with van der Waals surface area (Å²) in [7, 11) is 0. The van der Waals surface area contributed by atoms with Gasteiger partial charge < -0.3 is 14.5 Å². The molecule has 0 N–H and O–H groups in total. The van der Waals surface area contributed by atoms with Crippen LogP contribution >= 0.6 is 0 Å². The number of likely N-dealkylation sites (tertiary alicyclic amines) is 1. The van der Waals surface area contributed by atoms with Gasteiger partial charge in [0.15, 0.2) is 6.61 Å². The molecular formula is C27H36N2O3. The minimum Gasteiger partial charge on any atom is -0.483 e. The number of piperidine rings is 1. The van der Waals surface area contributed by atoms with E-state index < -0.39 is 0 Å². The van der Waals surface area contributed by atoms with Crippen LogP contribution in [0.4, 0.5) is 0 Å². The molecule has 0 saturated carbocycles. The molecule has 32 heavy (non-hydrogen) atoms. The van der Waals surface area contributed by atoms with E-state index in [0.29, 0.717) is 25.6 Å². The predicted molar refractivity (Wildman–Crippen MR) is 128 cm³/mol. The number of carbonyl (C=O) groups excluding carboxylic acids is 2. The van der Waals surface area contributed by atoms with E-state index in [9.17, 15) is 9.59 Å². The first-order valence-corrected chi connectivity index (χ1v) is 11.8. The highest BCUT2D eigenvalue weighted by atomic mass is 16.5. The first-order valence-electron chi connectivity index (χ1n) is 11.8. The summed E-state index contributed by atoms with van der Waals surface area (Å²) in [5.41, 5.74) is 2.97. The molecule has 0 atom stereocenters. The van der Waals surface area contributed by atoms with Crippen molar-refractivity contribution < 1.29 is 14.3 Å². The standard InChI is InChI=1S/C27H36N2O3/c1-5-15-29(26(30)19-32-25-18-23(20(2)3)12-11-21(25)4)24-13-16-28(17-14-24)27(31)22-9-7-6-8-10-22/h6-12,18,20,24H,5,13-17,19H2,1-4H3. The van der Waals surface area contributed by atoms with Crippen LogP contribution in [0, 0.1) is 6.92 Å². The maximum atomic E-state index is 13.1. The van der Waals surface area contributed by atoms with Gasteiger partial charge in [-0.3, -0.25) is 9.59 Å². The number of amides is 2. The predicted octanol–water partition coefficient (Wildman–Crippen LogP) is 5.04. The lowest BCUT2D eigenvalue weighted by molar-refractivity contribution is -0.136. The van der Waals surface area contributed by atoms with Crippen LogP contribution in [0.3, 0.4) is 0 Å².